The maximum absolute atomic E-state index is 12.0. The first-order valence-electron chi connectivity index (χ1n) is 10.2. The number of hydrogen-bond donors (Lipinski definition) is 1. The Morgan fingerprint density at radius 1 is 1.21 bits per heavy atom. The number of carbonyl (C=O) groups is 1. The van der Waals surface area contributed by atoms with Crippen molar-refractivity contribution in [1.82, 2.24) is 5.32 Å². The van der Waals surface area contributed by atoms with Crippen molar-refractivity contribution >= 4 is 17.5 Å². The van der Waals surface area contributed by atoms with Gasteiger partial charge >= 0.3 is 6.09 Å². The van der Waals surface area contributed by atoms with Gasteiger partial charge in [0.15, 0.2) is 0 Å². The molecule has 2 aromatic rings. The number of fused-ring (bicyclic) bond motifs is 1. The van der Waals surface area contributed by atoms with Crippen LogP contribution in [0.15, 0.2) is 42.5 Å². The highest BCUT2D eigenvalue weighted by Gasteiger charge is 2.23. The van der Waals surface area contributed by atoms with E-state index in [0.717, 1.165) is 36.4 Å². The van der Waals surface area contributed by atoms with E-state index in [0.29, 0.717) is 12.5 Å². The number of amides is 1. The number of nitrogens with zero attached hydrogens (tertiary/aromatic N) is 1. The summed E-state index contributed by atoms with van der Waals surface area (Å²) in [7, 11) is 3.76. The second-order valence-electron chi connectivity index (χ2n) is 8.59. The average molecular weight is 397 g/mol. The predicted molar refractivity (Wildman–Crippen MR) is 117 cm³/mol. The van der Waals surface area contributed by atoms with Crippen LogP contribution >= 0.6 is 0 Å². The fourth-order valence-electron chi connectivity index (χ4n) is 3.89. The molecule has 0 fully saturated rings. The molecule has 3 rings (SSSR count). The molecule has 1 N–H and O–H groups in total. The van der Waals surface area contributed by atoms with E-state index in [1.165, 1.54) is 11.1 Å². The zero-order chi connectivity index (χ0) is 21.0. The molecule has 0 saturated heterocycles. The van der Waals surface area contributed by atoms with Gasteiger partial charge in [0.25, 0.3) is 0 Å². The minimum Gasteiger partial charge on any atom is -0.495 e. The number of carbonyl (C=O) groups excluding carboxylic acids is 1. The Hall–Kier alpha value is -2.69. The van der Waals surface area contributed by atoms with Gasteiger partial charge in [0.05, 0.1) is 12.8 Å². The van der Waals surface area contributed by atoms with E-state index in [-0.39, 0.29) is 6.09 Å². The van der Waals surface area contributed by atoms with Gasteiger partial charge in [0.2, 0.25) is 0 Å². The van der Waals surface area contributed by atoms with Gasteiger partial charge in [0, 0.05) is 25.2 Å². The van der Waals surface area contributed by atoms with Crippen molar-refractivity contribution in [2.75, 3.05) is 25.6 Å². The summed E-state index contributed by atoms with van der Waals surface area (Å²) in [6, 6.07) is 14.7. The Morgan fingerprint density at radius 3 is 2.69 bits per heavy atom. The maximum atomic E-state index is 12.0. The molecule has 0 saturated carbocycles. The number of aryl methyl sites for hydroxylation is 1. The molecule has 5 heteroatoms. The zero-order valence-corrected chi connectivity index (χ0v) is 18.1. The molecule has 1 amide bonds. The standard InChI is InChI=1S/C24H32N2O3/c1-24(2,3)29-23(27)25-16-18-10-8-9-17-15-19(13-14-20(17)18)26(4)21-11-6-7-12-22(21)28-5/h6-7,11-15,18H,8-10,16H2,1-5H3,(H,25,27)/t18-/m0/s1. The molecule has 0 aliphatic heterocycles. The summed E-state index contributed by atoms with van der Waals surface area (Å²) in [4.78, 5) is 14.2. The topological polar surface area (TPSA) is 50.8 Å². The smallest absolute Gasteiger partial charge is 0.407 e. The Bertz CT molecular complexity index is 857. The fraction of sp³-hybridized carbons (Fsp3) is 0.458. The van der Waals surface area contributed by atoms with Gasteiger partial charge in [0.1, 0.15) is 11.4 Å². The lowest BCUT2D eigenvalue weighted by molar-refractivity contribution is 0.0523. The van der Waals surface area contributed by atoms with Gasteiger partial charge in [-0.25, -0.2) is 4.79 Å². The van der Waals surface area contributed by atoms with Crippen LogP contribution in [-0.2, 0) is 11.2 Å². The van der Waals surface area contributed by atoms with Crippen LogP contribution in [0, 0.1) is 0 Å². The summed E-state index contributed by atoms with van der Waals surface area (Å²) in [6.45, 7) is 6.23. The average Bonchev–Trinajstić information content (AvgIpc) is 2.70. The van der Waals surface area contributed by atoms with Crippen molar-refractivity contribution in [2.24, 2.45) is 0 Å². The fourth-order valence-corrected chi connectivity index (χ4v) is 3.89. The van der Waals surface area contributed by atoms with Crippen molar-refractivity contribution in [3.63, 3.8) is 0 Å². The molecule has 1 aliphatic carbocycles. The highest BCUT2D eigenvalue weighted by molar-refractivity contribution is 5.70. The highest BCUT2D eigenvalue weighted by Crippen LogP contribution is 2.37. The normalized spacial score (nSPS) is 16.0. The first kappa shape index (κ1) is 21.0. The molecule has 0 unspecified atom stereocenters. The van der Waals surface area contributed by atoms with E-state index in [1.807, 2.05) is 39.0 Å². The van der Waals surface area contributed by atoms with Crippen LogP contribution in [0.1, 0.15) is 50.7 Å². The first-order valence-corrected chi connectivity index (χ1v) is 10.2. The number of alkyl carbamates (subject to hydrolysis) is 1. The number of para-hydroxylation sites is 2. The Balaban J connectivity index is 1.74. The van der Waals surface area contributed by atoms with Crippen LogP contribution in [0.3, 0.4) is 0 Å². The van der Waals surface area contributed by atoms with Crippen molar-refractivity contribution < 1.29 is 14.3 Å². The van der Waals surface area contributed by atoms with Gasteiger partial charge in [-0.3, -0.25) is 0 Å². The highest BCUT2D eigenvalue weighted by atomic mass is 16.6. The zero-order valence-electron chi connectivity index (χ0n) is 18.1. The number of benzene rings is 2. The van der Waals surface area contributed by atoms with Crippen molar-refractivity contribution in [3.8, 4) is 5.75 Å². The molecular weight excluding hydrogens is 364 g/mol. The predicted octanol–water partition coefficient (Wildman–Crippen LogP) is 5.41. The quantitative estimate of drug-likeness (QED) is 0.734. The number of anilines is 2. The molecule has 1 atom stereocenters. The molecule has 0 radical (unpaired) electrons. The third-order valence-electron chi connectivity index (χ3n) is 5.29. The van der Waals surface area contributed by atoms with Crippen molar-refractivity contribution in [2.45, 2.75) is 51.6 Å². The van der Waals surface area contributed by atoms with Crippen LogP contribution in [0.4, 0.5) is 16.2 Å². The number of ether oxygens (including phenoxy) is 2. The van der Waals surface area contributed by atoms with Gasteiger partial charge < -0.3 is 19.7 Å². The molecule has 2 aromatic carbocycles. The third kappa shape index (κ3) is 5.22. The summed E-state index contributed by atoms with van der Waals surface area (Å²) in [5, 5.41) is 2.94. The molecular formula is C24H32N2O3. The lowest BCUT2D eigenvalue weighted by Gasteiger charge is -2.29. The van der Waals surface area contributed by atoms with E-state index in [2.05, 4.69) is 41.5 Å². The Labute approximate surface area is 174 Å². The molecule has 5 nitrogen and oxygen atoms in total. The van der Waals surface area contributed by atoms with Gasteiger partial charge in [-0.1, -0.05) is 18.2 Å². The van der Waals surface area contributed by atoms with Crippen LogP contribution < -0.4 is 15.0 Å². The number of rotatable bonds is 5. The molecule has 0 bridgehead atoms. The lowest BCUT2D eigenvalue weighted by atomic mass is 9.82. The molecule has 156 valence electrons. The molecule has 0 heterocycles. The van der Waals surface area contributed by atoms with Crippen LogP contribution in [0.25, 0.3) is 0 Å². The van der Waals surface area contributed by atoms with Crippen molar-refractivity contribution in [3.05, 3.63) is 53.6 Å². The minimum atomic E-state index is -0.480. The summed E-state index contributed by atoms with van der Waals surface area (Å²) < 4.78 is 10.9. The maximum Gasteiger partial charge on any atom is 0.407 e. The Kier molecular flexibility index (Phi) is 6.36. The number of nitrogens with one attached hydrogen (secondary N) is 1. The SMILES string of the molecule is COc1ccccc1N(C)c1ccc2c(c1)CCC[C@H]2CNC(=O)OC(C)(C)C. The van der Waals surface area contributed by atoms with E-state index >= 15 is 0 Å². The summed E-state index contributed by atoms with van der Waals surface area (Å²) in [6.07, 6.45) is 2.91. The largest absolute Gasteiger partial charge is 0.495 e. The van der Waals surface area contributed by atoms with Gasteiger partial charge in [-0.15, -0.1) is 0 Å². The molecule has 1 aliphatic rings. The number of hydrogen-bond acceptors (Lipinski definition) is 4. The molecule has 0 spiro atoms. The molecule has 29 heavy (non-hydrogen) atoms. The monoisotopic (exact) mass is 396 g/mol. The van der Waals surface area contributed by atoms with Gasteiger partial charge in [-0.05, 0) is 75.4 Å². The Morgan fingerprint density at radius 2 is 1.97 bits per heavy atom. The second kappa shape index (κ2) is 8.76. The summed E-state index contributed by atoms with van der Waals surface area (Å²) in [5.74, 6) is 1.17. The van der Waals surface area contributed by atoms with E-state index < -0.39 is 5.60 Å². The minimum absolute atomic E-state index is 0.317. The van der Waals surface area contributed by atoms with Crippen molar-refractivity contribution in [1.29, 1.82) is 0 Å². The first-order chi connectivity index (χ1) is 13.8. The summed E-state index contributed by atoms with van der Waals surface area (Å²) >= 11 is 0. The van der Waals surface area contributed by atoms with Crippen LogP contribution in [0.2, 0.25) is 0 Å². The lowest BCUT2D eigenvalue weighted by Crippen LogP contribution is -2.35. The second-order valence-corrected chi connectivity index (χ2v) is 8.59. The van der Waals surface area contributed by atoms with Crippen LogP contribution in [-0.4, -0.2) is 32.4 Å². The van der Waals surface area contributed by atoms with E-state index in [9.17, 15) is 4.79 Å². The van der Waals surface area contributed by atoms with E-state index in [4.69, 9.17) is 9.47 Å². The molecule has 0 aromatic heterocycles. The van der Waals surface area contributed by atoms with Crippen LogP contribution in [0.5, 0.6) is 5.75 Å². The number of methoxy groups -OCH3 is 1. The van der Waals surface area contributed by atoms with Gasteiger partial charge in [-0.2, -0.15) is 0 Å². The summed E-state index contributed by atoms with van der Waals surface area (Å²) in [5.41, 5.74) is 4.37. The third-order valence-corrected chi connectivity index (χ3v) is 5.29. The van der Waals surface area contributed by atoms with E-state index in [1.54, 1.807) is 7.11 Å².